The van der Waals surface area contributed by atoms with Crippen molar-refractivity contribution in [3.63, 3.8) is 0 Å². The molecule has 0 spiro atoms. The number of rotatable bonds is 2. The second-order valence-electron chi connectivity index (χ2n) is 4.18. The summed E-state index contributed by atoms with van der Waals surface area (Å²) in [7, 11) is 1.96. The number of hydrogen-bond donors (Lipinski definition) is 2. The number of para-hydroxylation sites is 1. The second kappa shape index (κ2) is 4.26. The molecule has 0 saturated carbocycles. The van der Waals surface area contributed by atoms with Crippen molar-refractivity contribution >= 4 is 26.8 Å². The van der Waals surface area contributed by atoms with Crippen LogP contribution in [0.2, 0.25) is 0 Å². The molecule has 0 radical (unpaired) electrons. The zero-order chi connectivity index (χ0) is 12.7. The number of hydrogen-bond acceptors (Lipinski definition) is 2. The van der Waals surface area contributed by atoms with Crippen molar-refractivity contribution in [2.24, 2.45) is 12.8 Å². The van der Waals surface area contributed by atoms with Crippen molar-refractivity contribution in [2.45, 2.75) is 6.54 Å². The molecule has 0 amide bonds. The van der Waals surface area contributed by atoms with E-state index >= 15 is 0 Å². The molecule has 4 nitrogen and oxygen atoms in total. The van der Waals surface area contributed by atoms with Crippen molar-refractivity contribution in [3.8, 4) is 11.3 Å². The molecule has 2 aromatic heterocycles. The molecule has 0 aliphatic carbocycles. The molecular weight excluding hydrogens is 292 g/mol. The molecule has 0 atom stereocenters. The Hall–Kier alpha value is -1.59. The van der Waals surface area contributed by atoms with Crippen molar-refractivity contribution in [2.75, 3.05) is 0 Å². The van der Waals surface area contributed by atoms with Gasteiger partial charge in [-0.15, -0.1) is 0 Å². The van der Waals surface area contributed by atoms with Crippen LogP contribution in [0.15, 0.2) is 35.1 Å². The number of nitrogens with one attached hydrogen (secondary N) is 1. The number of benzene rings is 1. The lowest BCUT2D eigenvalue weighted by Crippen LogP contribution is -2.04. The highest BCUT2D eigenvalue weighted by Gasteiger charge is 2.16. The van der Waals surface area contributed by atoms with Gasteiger partial charge in [0.05, 0.1) is 6.54 Å². The fraction of sp³-hybridized carbons (Fsp3) is 0.154. The molecule has 5 heteroatoms. The third-order valence-corrected chi connectivity index (χ3v) is 4.05. The third-order valence-electron chi connectivity index (χ3n) is 3.14. The molecule has 3 aromatic rings. The molecule has 0 saturated heterocycles. The minimum Gasteiger partial charge on any atom is -0.360 e. The van der Waals surface area contributed by atoms with E-state index in [0.717, 1.165) is 27.2 Å². The molecule has 92 valence electrons. The number of imidazole rings is 1. The monoisotopic (exact) mass is 304 g/mol. The van der Waals surface area contributed by atoms with Crippen molar-refractivity contribution in [1.82, 2.24) is 14.5 Å². The van der Waals surface area contributed by atoms with Gasteiger partial charge in [-0.25, -0.2) is 4.98 Å². The first-order valence-electron chi connectivity index (χ1n) is 5.70. The first-order valence-corrected chi connectivity index (χ1v) is 6.49. The van der Waals surface area contributed by atoms with Crippen LogP contribution < -0.4 is 5.73 Å². The lowest BCUT2D eigenvalue weighted by Gasteiger charge is -1.98. The van der Waals surface area contributed by atoms with Gasteiger partial charge < -0.3 is 15.3 Å². The first-order chi connectivity index (χ1) is 8.72. The first kappa shape index (κ1) is 11.5. The van der Waals surface area contributed by atoms with Gasteiger partial charge in [0.15, 0.2) is 0 Å². The molecule has 18 heavy (non-hydrogen) atoms. The molecule has 2 heterocycles. The summed E-state index contributed by atoms with van der Waals surface area (Å²) in [6.07, 6.45) is 1.98. The smallest absolute Gasteiger partial charge is 0.123 e. The summed E-state index contributed by atoms with van der Waals surface area (Å²) in [4.78, 5) is 7.85. The Morgan fingerprint density at radius 2 is 2.17 bits per heavy atom. The highest BCUT2D eigenvalue weighted by molar-refractivity contribution is 9.10. The van der Waals surface area contributed by atoms with Crippen LogP contribution in [0.4, 0.5) is 0 Å². The van der Waals surface area contributed by atoms with Crippen molar-refractivity contribution in [1.29, 1.82) is 0 Å². The van der Waals surface area contributed by atoms with Gasteiger partial charge in [0.25, 0.3) is 0 Å². The standard InChI is InChI=1S/C13H13BrN4/c1-18-11(6-15)17-12(13(18)14)9-7-16-10-5-3-2-4-8(9)10/h2-5,7,16H,6,15H2,1H3. The largest absolute Gasteiger partial charge is 0.360 e. The van der Waals surface area contributed by atoms with E-state index in [0.29, 0.717) is 6.54 Å². The molecule has 0 aliphatic heterocycles. The maximum atomic E-state index is 5.69. The van der Waals surface area contributed by atoms with Crippen LogP contribution in [0, 0.1) is 0 Å². The SMILES string of the molecule is Cn1c(CN)nc(-c2c[nH]c3ccccc23)c1Br. The Bertz CT molecular complexity index is 711. The van der Waals surface area contributed by atoms with Gasteiger partial charge >= 0.3 is 0 Å². The van der Waals surface area contributed by atoms with Crippen LogP contribution in [-0.4, -0.2) is 14.5 Å². The summed E-state index contributed by atoms with van der Waals surface area (Å²) in [5.41, 5.74) is 8.81. The quantitative estimate of drug-likeness (QED) is 0.765. The third kappa shape index (κ3) is 1.59. The van der Waals surface area contributed by atoms with E-state index in [4.69, 9.17) is 5.73 Å². The number of aromatic nitrogens is 3. The lowest BCUT2D eigenvalue weighted by atomic mass is 10.1. The van der Waals surface area contributed by atoms with Crippen LogP contribution in [0.5, 0.6) is 0 Å². The van der Waals surface area contributed by atoms with Crippen LogP contribution >= 0.6 is 15.9 Å². The van der Waals surface area contributed by atoms with Gasteiger partial charge in [-0.2, -0.15) is 0 Å². The fourth-order valence-corrected chi connectivity index (χ4v) is 2.65. The molecule has 0 aliphatic rings. The zero-order valence-corrected chi connectivity index (χ0v) is 11.5. The van der Waals surface area contributed by atoms with Gasteiger partial charge in [0, 0.05) is 29.7 Å². The van der Waals surface area contributed by atoms with E-state index in [1.54, 1.807) is 0 Å². The lowest BCUT2D eigenvalue weighted by molar-refractivity contribution is 0.781. The van der Waals surface area contributed by atoms with E-state index in [1.165, 1.54) is 5.39 Å². The predicted octanol–water partition coefficient (Wildman–Crippen LogP) is 2.79. The topological polar surface area (TPSA) is 59.6 Å². The van der Waals surface area contributed by atoms with Crippen LogP contribution in [0.3, 0.4) is 0 Å². The Labute approximate surface area is 113 Å². The van der Waals surface area contributed by atoms with E-state index in [1.807, 2.05) is 29.9 Å². The summed E-state index contributed by atoms with van der Waals surface area (Å²) in [5.74, 6) is 0.863. The maximum absolute atomic E-state index is 5.69. The minimum absolute atomic E-state index is 0.428. The molecule has 0 fully saturated rings. The summed E-state index contributed by atoms with van der Waals surface area (Å²) in [5, 5.41) is 1.17. The van der Waals surface area contributed by atoms with E-state index in [-0.39, 0.29) is 0 Å². The molecule has 1 aromatic carbocycles. The summed E-state index contributed by atoms with van der Waals surface area (Å²) >= 11 is 3.58. The van der Waals surface area contributed by atoms with E-state index in [9.17, 15) is 0 Å². The van der Waals surface area contributed by atoms with Gasteiger partial charge in [0.1, 0.15) is 16.1 Å². The number of nitrogens with zero attached hydrogens (tertiary/aromatic N) is 2. The Morgan fingerprint density at radius 1 is 1.39 bits per heavy atom. The van der Waals surface area contributed by atoms with Crippen LogP contribution in [0.25, 0.3) is 22.2 Å². The zero-order valence-electron chi connectivity index (χ0n) is 9.94. The van der Waals surface area contributed by atoms with Crippen molar-refractivity contribution in [3.05, 3.63) is 40.9 Å². The molecule has 3 N–H and O–H groups in total. The Morgan fingerprint density at radius 3 is 2.89 bits per heavy atom. The normalized spacial score (nSPS) is 11.3. The highest BCUT2D eigenvalue weighted by Crippen LogP contribution is 2.33. The Balaban J connectivity index is 2.26. The van der Waals surface area contributed by atoms with Gasteiger partial charge in [-0.3, -0.25) is 0 Å². The van der Waals surface area contributed by atoms with Gasteiger partial charge in [-0.05, 0) is 22.0 Å². The molecular formula is C13H13BrN4. The number of halogens is 1. The molecule has 0 bridgehead atoms. The number of aromatic amines is 1. The van der Waals surface area contributed by atoms with Crippen LogP contribution in [0.1, 0.15) is 5.82 Å². The average Bonchev–Trinajstić information content (AvgIpc) is 2.93. The van der Waals surface area contributed by atoms with E-state index in [2.05, 4.69) is 38.0 Å². The fourth-order valence-electron chi connectivity index (χ4n) is 2.14. The summed E-state index contributed by atoms with van der Waals surface area (Å²) in [6.45, 7) is 0.428. The number of nitrogens with two attached hydrogens (primary N) is 1. The van der Waals surface area contributed by atoms with E-state index < -0.39 is 0 Å². The molecule has 3 rings (SSSR count). The average molecular weight is 305 g/mol. The molecule has 0 unspecified atom stereocenters. The highest BCUT2D eigenvalue weighted by atomic mass is 79.9. The number of fused-ring (bicyclic) bond motifs is 1. The van der Waals surface area contributed by atoms with Crippen molar-refractivity contribution < 1.29 is 0 Å². The maximum Gasteiger partial charge on any atom is 0.123 e. The van der Waals surface area contributed by atoms with Gasteiger partial charge in [0.2, 0.25) is 0 Å². The van der Waals surface area contributed by atoms with Gasteiger partial charge in [-0.1, -0.05) is 18.2 Å². The second-order valence-corrected chi connectivity index (χ2v) is 4.93. The van der Waals surface area contributed by atoms with Crippen LogP contribution in [-0.2, 0) is 13.6 Å². The predicted molar refractivity (Wildman–Crippen MR) is 76.1 cm³/mol. The summed E-state index contributed by atoms with van der Waals surface area (Å²) in [6, 6.07) is 8.19. The number of H-pyrrole nitrogens is 1. The Kier molecular flexibility index (Phi) is 2.72. The minimum atomic E-state index is 0.428. The summed E-state index contributed by atoms with van der Waals surface area (Å²) < 4.78 is 2.92.